The largest absolute Gasteiger partial charge is 0.325 e. The minimum Gasteiger partial charge on any atom is -0.325 e. The molecule has 118 valence electrons. The Hall–Kier alpha value is -1.40. The standard InChI is InChI=1S/C15H24N2O3S/c1-9(2)12-8-11(21(16,19)20)7-10(3)13(12)17-14(18)15(4,5)6/h7-9H,1-6H3,(H,17,18)(H2,16,19,20). The lowest BCUT2D eigenvalue weighted by Gasteiger charge is -2.22. The fraction of sp³-hybridized carbons (Fsp3) is 0.533. The molecule has 5 nitrogen and oxygen atoms in total. The molecule has 0 fully saturated rings. The number of nitrogens with one attached hydrogen (secondary N) is 1. The third-order valence-electron chi connectivity index (χ3n) is 3.21. The Morgan fingerprint density at radius 3 is 2.14 bits per heavy atom. The smallest absolute Gasteiger partial charge is 0.238 e. The van der Waals surface area contributed by atoms with E-state index in [9.17, 15) is 13.2 Å². The second-order valence-electron chi connectivity index (χ2n) is 6.61. The van der Waals surface area contributed by atoms with E-state index in [4.69, 9.17) is 5.14 Å². The van der Waals surface area contributed by atoms with E-state index in [1.54, 1.807) is 6.92 Å². The molecule has 6 heteroatoms. The maximum atomic E-state index is 12.2. The van der Waals surface area contributed by atoms with Crippen molar-refractivity contribution in [3.8, 4) is 0 Å². The minimum atomic E-state index is -3.77. The van der Waals surface area contributed by atoms with Gasteiger partial charge >= 0.3 is 0 Å². The molecule has 0 heterocycles. The third-order valence-corrected chi connectivity index (χ3v) is 4.10. The molecule has 0 radical (unpaired) electrons. The Morgan fingerprint density at radius 2 is 1.76 bits per heavy atom. The van der Waals surface area contributed by atoms with Crippen molar-refractivity contribution in [1.29, 1.82) is 0 Å². The second kappa shape index (κ2) is 5.77. The van der Waals surface area contributed by atoms with E-state index in [1.807, 2.05) is 34.6 Å². The van der Waals surface area contributed by atoms with Crippen LogP contribution in [0.2, 0.25) is 0 Å². The summed E-state index contributed by atoms with van der Waals surface area (Å²) < 4.78 is 23.1. The van der Waals surface area contributed by atoms with Crippen molar-refractivity contribution in [2.75, 3.05) is 5.32 Å². The van der Waals surface area contributed by atoms with Crippen LogP contribution in [0.25, 0.3) is 0 Å². The van der Waals surface area contributed by atoms with Gasteiger partial charge in [0.15, 0.2) is 0 Å². The highest BCUT2D eigenvalue weighted by Crippen LogP contribution is 2.31. The molecule has 0 saturated carbocycles. The molecule has 1 aromatic carbocycles. The number of rotatable bonds is 3. The summed E-state index contributed by atoms with van der Waals surface area (Å²) in [5, 5.41) is 8.10. The molecule has 0 aliphatic heterocycles. The maximum absolute atomic E-state index is 12.2. The summed E-state index contributed by atoms with van der Waals surface area (Å²) in [5.74, 6) is -0.0588. The highest BCUT2D eigenvalue weighted by atomic mass is 32.2. The van der Waals surface area contributed by atoms with Gasteiger partial charge in [0.25, 0.3) is 0 Å². The molecule has 0 atom stereocenters. The Morgan fingerprint density at radius 1 is 1.24 bits per heavy atom. The predicted molar refractivity (Wildman–Crippen MR) is 84.7 cm³/mol. The fourth-order valence-corrected chi connectivity index (χ4v) is 2.50. The van der Waals surface area contributed by atoms with E-state index in [-0.39, 0.29) is 16.7 Å². The molecule has 0 bridgehead atoms. The van der Waals surface area contributed by atoms with Crippen LogP contribution in [0.15, 0.2) is 17.0 Å². The number of aryl methyl sites for hydroxylation is 1. The number of hydrogen-bond donors (Lipinski definition) is 2. The second-order valence-corrected chi connectivity index (χ2v) is 8.17. The van der Waals surface area contributed by atoms with Crippen LogP contribution in [0.4, 0.5) is 5.69 Å². The number of carbonyl (C=O) groups is 1. The summed E-state index contributed by atoms with van der Waals surface area (Å²) in [4.78, 5) is 12.3. The van der Waals surface area contributed by atoms with Gasteiger partial charge in [0.1, 0.15) is 0 Å². The molecule has 0 saturated heterocycles. The van der Waals surface area contributed by atoms with Crippen molar-refractivity contribution in [3.63, 3.8) is 0 Å². The maximum Gasteiger partial charge on any atom is 0.238 e. The zero-order valence-electron chi connectivity index (χ0n) is 13.4. The molecule has 0 aliphatic rings. The summed E-state index contributed by atoms with van der Waals surface area (Å²) >= 11 is 0. The lowest BCUT2D eigenvalue weighted by molar-refractivity contribution is -0.123. The molecule has 0 unspecified atom stereocenters. The molecule has 0 aromatic heterocycles. The lowest BCUT2D eigenvalue weighted by atomic mass is 9.93. The average molecular weight is 312 g/mol. The van der Waals surface area contributed by atoms with Crippen LogP contribution in [0, 0.1) is 12.3 Å². The molecule has 1 amide bonds. The summed E-state index contributed by atoms with van der Waals surface area (Å²) in [6, 6.07) is 3.02. The fourth-order valence-electron chi connectivity index (χ4n) is 1.87. The molecule has 1 aromatic rings. The zero-order chi connectivity index (χ0) is 16.6. The Labute approximate surface area is 127 Å². The van der Waals surface area contributed by atoms with Crippen molar-refractivity contribution in [1.82, 2.24) is 0 Å². The van der Waals surface area contributed by atoms with Crippen molar-refractivity contribution >= 4 is 21.6 Å². The van der Waals surface area contributed by atoms with Gasteiger partial charge in [-0.3, -0.25) is 4.79 Å². The van der Waals surface area contributed by atoms with E-state index in [0.29, 0.717) is 11.3 Å². The van der Waals surface area contributed by atoms with Crippen molar-refractivity contribution in [2.45, 2.75) is 52.4 Å². The number of hydrogen-bond acceptors (Lipinski definition) is 3. The Balaban J connectivity index is 3.43. The molecule has 1 rings (SSSR count). The van der Waals surface area contributed by atoms with E-state index in [2.05, 4.69) is 5.32 Å². The first-order chi connectivity index (χ1) is 9.34. The van der Waals surface area contributed by atoms with Gasteiger partial charge in [0, 0.05) is 11.1 Å². The normalized spacial score (nSPS) is 12.6. The molecule has 0 aliphatic carbocycles. The first-order valence-corrected chi connectivity index (χ1v) is 8.37. The monoisotopic (exact) mass is 312 g/mol. The quantitative estimate of drug-likeness (QED) is 0.899. The van der Waals surface area contributed by atoms with Gasteiger partial charge in [-0.15, -0.1) is 0 Å². The number of anilines is 1. The highest BCUT2D eigenvalue weighted by molar-refractivity contribution is 7.89. The summed E-state index contributed by atoms with van der Waals surface area (Å²) in [6.07, 6.45) is 0. The van der Waals surface area contributed by atoms with Crippen LogP contribution in [0.3, 0.4) is 0 Å². The Bertz CT molecular complexity index is 656. The first-order valence-electron chi connectivity index (χ1n) is 6.83. The number of nitrogens with two attached hydrogens (primary N) is 1. The van der Waals surface area contributed by atoms with E-state index < -0.39 is 15.4 Å². The summed E-state index contributed by atoms with van der Waals surface area (Å²) in [7, 11) is -3.77. The van der Waals surface area contributed by atoms with Gasteiger partial charge in [-0.2, -0.15) is 0 Å². The zero-order valence-corrected chi connectivity index (χ0v) is 14.3. The molecule has 21 heavy (non-hydrogen) atoms. The number of primary sulfonamides is 1. The number of carbonyl (C=O) groups excluding carboxylic acids is 1. The van der Waals surface area contributed by atoms with Crippen molar-refractivity contribution in [2.24, 2.45) is 10.6 Å². The molecule has 0 spiro atoms. The van der Waals surface area contributed by atoms with Crippen molar-refractivity contribution < 1.29 is 13.2 Å². The molecular weight excluding hydrogens is 288 g/mol. The Kier molecular flexibility index (Phi) is 4.85. The van der Waals surface area contributed by atoms with E-state index in [0.717, 1.165) is 5.56 Å². The molecule has 3 N–H and O–H groups in total. The summed E-state index contributed by atoms with van der Waals surface area (Å²) in [6.45, 7) is 11.1. The number of sulfonamides is 1. The van der Waals surface area contributed by atoms with E-state index in [1.165, 1.54) is 12.1 Å². The number of benzene rings is 1. The third kappa shape index (κ3) is 4.28. The van der Waals surface area contributed by atoms with Gasteiger partial charge < -0.3 is 5.32 Å². The van der Waals surface area contributed by atoms with Gasteiger partial charge in [-0.1, -0.05) is 34.6 Å². The van der Waals surface area contributed by atoms with Crippen LogP contribution >= 0.6 is 0 Å². The van der Waals surface area contributed by atoms with Gasteiger partial charge in [-0.25, -0.2) is 13.6 Å². The van der Waals surface area contributed by atoms with E-state index >= 15 is 0 Å². The molecular formula is C15H24N2O3S. The van der Waals surface area contributed by atoms with Crippen molar-refractivity contribution in [3.05, 3.63) is 23.3 Å². The SMILES string of the molecule is Cc1cc(S(N)(=O)=O)cc(C(C)C)c1NC(=O)C(C)(C)C. The first kappa shape index (κ1) is 17.7. The summed E-state index contributed by atoms with van der Waals surface area (Å²) in [5.41, 5.74) is 1.58. The van der Waals surface area contributed by atoms with Crippen LogP contribution in [-0.4, -0.2) is 14.3 Å². The predicted octanol–water partition coefficient (Wildman–Crippen LogP) is 2.75. The topological polar surface area (TPSA) is 89.3 Å². The van der Waals surface area contributed by atoms with Crippen LogP contribution in [0.1, 0.15) is 51.7 Å². The van der Waals surface area contributed by atoms with Crippen LogP contribution < -0.4 is 10.5 Å². The number of amides is 1. The van der Waals surface area contributed by atoms with Gasteiger partial charge in [0.2, 0.25) is 15.9 Å². The van der Waals surface area contributed by atoms with Gasteiger partial charge in [0.05, 0.1) is 4.90 Å². The minimum absolute atomic E-state index is 0.0562. The lowest BCUT2D eigenvalue weighted by Crippen LogP contribution is -2.28. The average Bonchev–Trinajstić information content (AvgIpc) is 2.28. The van der Waals surface area contributed by atoms with Crippen LogP contribution in [-0.2, 0) is 14.8 Å². The van der Waals surface area contributed by atoms with Gasteiger partial charge in [-0.05, 0) is 36.1 Å². The highest BCUT2D eigenvalue weighted by Gasteiger charge is 2.24. The van der Waals surface area contributed by atoms with Crippen LogP contribution in [0.5, 0.6) is 0 Å².